The summed E-state index contributed by atoms with van der Waals surface area (Å²) in [6, 6.07) is 11.0. The van der Waals surface area contributed by atoms with Gasteiger partial charge in [0.15, 0.2) is 5.96 Å². The molecule has 0 saturated heterocycles. The van der Waals surface area contributed by atoms with Crippen LogP contribution in [0.4, 0.5) is 4.39 Å². The molecule has 3 aromatic rings. The summed E-state index contributed by atoms with van der Waals surface area (Å²) in [5, 5.41) is 7.62. The first-order chi connectivity index (χ1) is 15.6. The van der Waals surface area contributed by atoms with Crippen molar-refractivity contribution in [3.8, 4) is 11.5 Å². The monoisotopic (exact) mass is 570 g/mol. The first kappa shape index (κ1) is 26.7. The summed E-state index contributed by atoms with van der Waals surface area (Å²) in [5.41, 5.74) is 3.63. The first-order valence-corrected chi connectivity index (χ1v) is 10.5. The highest BCUT2D eigenvalue weighted by molar-refractivity contribution is 14.0. The molecular formula is C24H32FIN4O3. The lowest BCUT2D eigenvalue weighted by Crippen LogP contribution is -2.37. The molecule has 3 rings (SSSR count). The van der Waals surface area contributed by atoms with E-state index in [-0.39, 0.29) is 36.4 Å². The van der Waals surface area contributed by atoms with E-state index in [1.165, 1.54) is 6.07 Å². The quantitative estimate of drug-likeness (QED) is 0.146. The van der Waals surface area contributed by atoms with Crippen LogP contribution in [0.2, 0.25) is 0 Å². The number of nitrogens with zero attached hydrogens (tertiary/aromatic N) is 1. The number of hydrogen-bond donors (Lipinski definition) is 3. The summed E-state index contributed by atoms with van der Waals surface area (Å²) < 4.78 is 29.6. The molecule has 0 amide bonds. The number of halogens is 2. The van der Waals surface area contributed by atoms with Crippen molar-refractivity contribution in [2.75, 3.05) is 34.9 Å². The zero-order valence-corrected chi connectivity index (χ0v) is 21.8. The fourth-order valence-electron chi connectivity index (χ4n) is 3.55. The van der Waals surface area contributed by atoms with Crippen molar-refractivity contribution in [1.82, 2.24) is 15.6 Å². The number of methoxy groups -OCH3 is 3. The average Bonchev–Trinajstić information content (AvgIpc) is 3.22. The van der Waals surface area contributed by atoms with E-state index in [1.54, 1.807) is 40.5 Å². The van der Waals surface area contributed by atoms with Crippen molar-refractivity contribution in [1.29, 1.82) is 0 Å². The molecule has 2 aromatic carbocycles. The maximum absolute atomic E-state index is 13.8. The van der Waals surface area contributed by atoms with Crippen LogP contribution < -0.4 is 20.1 Å². The standard InChI is InChI=1S/C24H31FN4O3.HI/c1-26-24(28-14-16-7-8-21(25)17(10-16)15-30-2)27-9-5-6-18-11-20-22(29-18)12-19(31-3)13-23(20)32-4;/h7-8,10-13,29H,5-6,9,14-15H2,1-4H3,(H2,26,27,28);1H. The minimum atomic E-state index is -0.258. The Bertz CT molecular complexity index is 1070. The zero-order valence-electron chi connectivity index (χ0n) is 19.5. The Balaban J connectivity index is 0.00000385. The highest BCUT2D eigenvalue weighted by Crippen LogP contribution is 2.31. The molecule has 0 aliphatic carbocycles. The number of aryl methyl sites for hydroxylation is 1. The molecule has 0 atom stereocenters. The number of benzene rings is 2. The molecule has 9 heteroatoms. The first-order valence-electron chi connectivity index (χ1n) is 10.5. The van der Waals surface area contributed by atoms with Gasteiger partial charge in [-0.2, -0.15) is 0 Å². The van der Waals surface area contributed by atoms with Crippen LogP contribution in [0.15, 0.2) is 41.4 Å². The lowest BCUT2D eigenvalue weighted by atomic mass is 10.1. The van der Waals surface area contributed by atoms with Crippen LogP contribution in [-0.2, 0) is 24.3 Å². The maximum atomic E-state index is 13.8. The predicted octanol–water partition coefficient (Wildman–Crippen LogP) is 4.39. The Morgan fingerprint density at radius 1 is 1.06 bits per heavy atom. The molecule has 1 aromatic heterocycles. The molecular weight excluding hydrogens is 538 g/mol. The Morgan fingerprint density at radius 2 is 1.88 bits per heavy atom. The normalized spacial score (nSPS) is 11.2. The van der Waals surface area contributed by atoms with Crippen molar-refractivity contribution in [2.45, 2.75) is 26.0 Å². The molecule has 0 bridgehead atoms. The number of hydrogen-bond acceptors (Lipinski definition) is 4. The van der Waals surface area contributed by atoms with Crippen molar-refractivity contribution >= 4 is 40.8 Å². The van der Waals surface area contributed by atoms with Crippen LogP contribution in [0, 0.1) is 5.82 Å². The average molecular weight is 570 g/mol. The molecule has 0 aliphatic rings. The van der Waals surface area contributed by atoms with E-state index < -0.39 is 0 Å². The Morgan fingerprint density at radius 3 is 2.58 bits per heavy atom. The molecule has 0 aliphatic heterocycles. The number of H-pyrrole nitrogens is 1. The van der Waals surface area contributed by atoms with E-state index in [2.05, 4.69) is 26.7 Å². The number of nitrogens with one attached hydrogen (secondary N) is 3. The fourth-order valence-corrected chi connectivity index (χ4v) is 3.55. The van der Waals surface area contributed by atoms with Gasteiger partial charge in [-0.1, -0.05) is 6.07 Å². The van der Waals surface area contributed by atoms with Gasteiger partial charge in [-0.15, -0.1) is 24.0 Å². The summed E-state index contributed by atoms with van der Waals surface area (Å²) in [6.45, 7) is 1.55. The molecule has 180 valence electrons. The Kier molecular flexibility index (Phi) is 10.7. The van der Waals surface area contributed by atoms with Crippen LogP contribution in [-0.4, -0.2) is 45.9 Å². The fraction of sp³-hybridized carbons (Fsp3) is 0.375. The number of rotatable bonds is 10. The molecule has 3 N–H and O–H groups in total. The predicted molar refractivity (Wildman–Crippen MR) is 140 cm³/mol. The van der Waals surface area contributed by atoms with Crippen molar-refractivity contribution < 1.29 is 18.6 Å². The highest BCUT2D eigenvalue weighted by Gasteiger charge is 2.09. The maximum Gasteiger partial charge on any atom is 0.191 e. The molecule has 33 heavy (non-hydrogen) atoms. The number of aromatic amines is 1. The number of aromatic nitrogens is 1. The molecule has 0 spiro atoms. The third-order valence-electron chi connectivity index (χ3n) is 5.19. The minimum absolute atomic E-state index is 0. The van der Waals surface area contributed by atoms with Crippen LogP contribution in [0.1, 0.15) is 23.2 Å². The van der Waals surface area contributed by atoms with Gasteiger partial charge in [0.05, 0.1) is 26.3 Å². The van der Waals surface area contributed by atoms with Gasteiger partial charge in [0.2, 0.25) is 0 Å². The second-order valence-electron chi connectivity index (χ2n) is 7.40. The van der Waals surface area contributed by atoms with E-state index in [4.69, 9.17) is 14.2 Å². The summed E-state index contributed by atoms with van der Waals surface area (Å²) in [4.78, 5) is 7.70. The third kappa shape index (κ3) is 7.23. The van der Waals surface area contributed by atoms with E-state index in [9.17, 15) is 4.39 Å². The van der Waals surface area contributed by atoms with Crippen molar-refractivity contribution in [2.24, 2.45) is 4.99 Å². The molecule has 0 fully saturated rings. The second-order valence-corrected chi connectivity index (χ2v) is 7.40. The molecule has 7 nitrogen and oxygen atoms in total. The lowest BCUT2D eigenvalue weighted by molar-refractivity contribution is 0.181. The van der Waals surface area contributed by atoms with Gasteiger partial charge in [0.1, 0.15) is 17.3 Å². The van der Waals surface area contributed by atoms with Gasteiger partial charge in [-0.3, -0.25) is 4.99 Å². The van der Waals surface area contributed by atoms with Gasteiger partial charge < -0.3 is 29.8 Å². The van der Waals surface area contributed by atoms with E-state index >= 15 is 0 Å². The van der Waals surface area contributed by atoms with Gasteiger partial charge in [-0.05, 0) is 36.6 Å². The lowest BCUT2D eigenvalue weighted by Gasteiger charge is -2.12. The molecule has 0 saturated carbocycles. The summed E-state index contributed by atoms with van der Waals surface area (Å²) in [7, 11) is 6.59. The Labute approximate surface area is 211 Å². The van der Waals surface area contributed by atoms with Crippen LogP contribution in [0.5, 0.6) is 11.5 Å². The summed E-state index contributed by atoms with van der Waals surface area (Å²) >= 11 is 0. The van der Waals surface area contributed by atoms with Gasteiger partial charge in [0, 0.05) is 56.0 Å². The smallest absolute Gasteiger partial charge is 0.191 e. The number of ether oxygens (including phenoxy) is 3. The van der Waals surface area contributed by atoms with Crippen LogP contribution in [0.3, 0.4) is 0 Å². The minimum Gasteiger partial charge on any atom is -0.497 e. The van der Waals surface area contributed by atoms with Gasteiger partial charge in [0.25, 0.3) is 0 Å². The number of fused-ring (bicyclic) bond motifs is 1. The molecule has 0 radical (unpaired) electrons. The zero-order chi connectivity index (χ0) is 22.9. The van der Waals surface area contributed by atoms with E-state index in [0.29, 0.717) is 18.1 Å². The Hall–Kier alpha value is -2.53. The summed E-state index contributed by atoms with van der Waals surface area (Å²) in [6.07, 6.45) is 1.80. The van der Waals surface area contributed by atoms with Crippen LogP contribution in [0.25, 0.3) is 10.9 Å². The van der Waals surface area contributed by atoms with E-state index in [0.717, 1.165) is 53.0 Å². The second kappa shape index (κ2) is 13.2. The largest absolute Gasteiger partial charge is 0.497 e. The van der Waals surface area contributed by atoms with Gasteiger partial charge >= 0.3 is 0 Å². The molecule has 1 heterocycles. The van der Waals surface area contributed by atoms with Crippen molar-refractivity contribution in [3.05, 3.63) is 59.0 Å². The third-order valence-corrected chi connectivity index (χ3v) is 5.19. The SMILES string of the molecule is CN=C(NCCCc1cc2c(OC)cc(OC)cc2[nH]1)NCc1ccc(F)c(COC)c1.I. The topological polar surface area (TPSA) is 79.9 Å². The van der Waals surface area contributed by atoms with Gasteiger partial charge in [-0.25, -0.2) is 4.39 Å². The van der Waals surface area contributed by atoms with Crippen molar-refractivity contribution in [3.63, 3.8) is 0 Å². The summed E-state index contributed by atoms with van der Waals surface area (Å²) in [5.74, 6) is 1.99. The molecule has 0 unspecified atom stereocenters. The number of guanidine groups is 1. The highest BCUT2D eigenvalue weighted by atomic mass is 127. The van der Waals surface area contributed by atoms with Crippen LogP contribution >= 0.6 is 24.0 Å². The number of aliphatic imine (C=N–C) groups is 1. The van der Waals surface area contributed by atoms with E-state index in [1.807, 2.05) is 12.1 Å².